The number of aryl methyl sites for hydroxylation is 1. The monoisotopic (exact) mass is 424 g/mol. The van der Waals surface area contributed by atoms with Crippen LogP contribution in [0.25, 0.3) is 5.57 Å². The van der Waals surface area contributed by atoms with Crippen molar-refractivity contribution in [3.63, 3.8) is 0 Å². The molecule has 2 atom stereocenters. The lowest BCUT2D eigenvalue weighted by atomic mass is 9.88. The molecule has 1 heterocycles. The number of aliphatic hydroxyl groups excluding tert-OH is 1. The number of nitrogens with zero attached hydrogens (tertiary/aromatic N) is 3. The number of halogens is 6. The van der Waals surface area contributed by atoms with Gasteiger partial charge in [-0.25, -0.2) is 18.2 Å². The van der Waals surface area contributed by atoms with E-state index in [0.29, 0.717) is 6.42 Å². The van der Waals surface area contributed by atoms with Gasteiger partial charge in [0.15, 0.2) is 5.82 Å². The number of hydrogen-bond acceptors (Lipinski definition) is 5. The lowest BCUT2D eigenvalue weighted by molar-refractivity contribution is -0.171. The van der Waals surface area contributed by atoms with Crippen LogP contribution in [0, 0.1) is 5.92 Å². The van der Waals surface area contributed by atoms with Crippen LogP contribution in [0.2, 0.25) is 0 Å². The first-order chi connectivity index (χ1) is 13.4. The number of aromatic nitrogens is 3. The van der Waals surface area contributed by atoms with Crippen molar-refractivity contribution >= 4 is 11.5 Å². The maximum Gasteiger partial charge on any atom is 0.391 e. The van der Waals surface area contributed by atoms with E-state index in [-0.39, 0.29) is 48.9 Å². The van der Waals surface area contributed by atoms with Gasteiger partial charge in [-0.15, -0.1) is 0 Å². The topological polar surface area (TPSA) is 70.9 Å². The second-order valence-corrected chi connectivity index (χ2v) is 7.72. The standard InChI is InChI=1S/C18H22F6N4O/c1-9(18(22,23)24)5-6-13-26-15(11-3-2-4-12(29)14(11)19)28-16(27-13)25-10-7-17(20,21)8-10/h9-10,12,29H,2-8H2,1H3,(H,25,26,27,28)/t9-,12?/m1/s1. The highest BCUT2D eigenvalue weighted by molar-refractivity contribution is 5.64. The summed E-state index contributed by atoms with van der Waals surface area (Å²) >= 11 is 0. The van der Waals surface area contributed by atoms with Gasteiger partial charge in [0, 0.05) is 30.9 Å². The molecule has 1 aromatic heterocycles. The SMILES string of the molecule is C[C@H](CCc1nc(NC2CC(F)(F)C2)nc(C2=C(F)C(O)CCC2)n1)C(F)(F)F. The lowest BCUT2D eigenvalue weighted by Crippen LogP contribution is -2.44. The molecule has 1 fully saturated rings. The van der Waals surface area contributed by atoms with Gasteiger partial charge in [-0.05, 0) is 25.7 Å². The number of allylic oxidation sites excluding steroid dienone is 1. The summed E-state index contributed by atoms with van der Waals surface area (Å²) in [6.07, 6.45) is -5.89. The van der Waals surface area contributed by atoms with E-state index in [2.05, 4.69) is 20.3 Å². The molecule has 3 rings (SSSR count). The summed E-state index contributed by atoms with van der Waals surface area (Å²) in [5, 5.41) is 12.5. The Bertz CT molecular complexity index is 774. The Morgan fingerprint density at radius 1 is 1.21 bits per heavy atom. The van der Waals surface area contributed by atoms with Crippen molar-refractivity contribution in [2.24, 2.45) is 5.92 Å². The molecule has 0 saturated heterocycles. The molecule has 2 aliphatic carbocycles. The Labute approximate surface area is 163 Å². The molecule has 0 aliphatic heterocycles. The molecule has 0 bridgehead atoms. The van der Waals surface area contributed by atoms with E-state index in [1.165, 1.54) is 0 Å². The van der Waals surface area contributed by atoms with Crippen molar-refractivity contribution in [2.45, 2.75) is 76.1 Å². The van der Waals surface area contributed by atoms with E-state index in [9.17, 15) is 31.4 Å². The van der Waals surface area contributed by atoms with Crippen LogP contribution in [-0.2, 0) is 6.42 Å². The van der Waals surface area contributed by atoms with Gasteiger partial charge in [0.05, 0.1) is 5.92 Å². The maximum atomic E-state index is 14.4. The summed E-state index contributed by atoms with van der Waals surface area (Å²) in [4.78, 5) is 12.2. The molecule has 11 heteroatoms. The summed E-state index contributed by atoms with van der Waals surface area (Å²) in [6.45, 7) is 1.04. The Morgan fingerprint density at radius 3 is 2.52 bits per heavy atom. The summed E-state index contributed by atoms with van der Waals surface area (Å²) < 4.78 is 78.8. The summed E-state index contributed by atoms with van der Waals surface area (Å²) in [5.74, 6) is -5.29. The molecule has 0 spiro atoms. The molecule has 29 heavy (non-hydrogen) atoms. The molecule has 1 unspecified atom stereocenters. The zero-order valence-electron chi connectivity index (χ0n) is 15.7. The fraction of sp³-hybridized carbons (Fsp3) is 0.722. The van der Waals surface area contributed by atoms with Crippen molar-refractivity contribution in [1.29, 1.82) is 0 Å². The van der Waals surface area contributed by atoms with Gasteiger partial charge in [-0.2, -0.15) is 23.1 Å². The summed E-state index contributed by atoms with van der Waals surface area (Å²) in [6, 6.07) is -0.585. The van der Waals surface area contributed by atoms with Gasteiger partial charge in [-0.3, -0.25) is 0 Å². The predicted molar refractivity (Wildman–Crippen MR) is 92.8 cm³/mol. The number of alkyl halides is 5. The molecule has 2 N–H and O–H groups in total. The first-order valence-corrected chi connectivity index (χ1v) is 9.47. The second-order valence-electron chi connectivity index (χ2n) is 7.72. The number of nitrogens with one attached hydrogen (secondary N) is 1. The zero-order valence-corrected chi connectivity index (χ0v) is 15.7. The molecular formula is C18H22F6N4O. The maximum absolute atomic E-state index is 14.4. The van der Waals surface area contributed by atoms with Gasteiger partial charge in [0.2, 0.25) is 5.95 Å². The molecule has 1 aromatic rings. The van der Waals surface area contributed by atoms with E-state index in [1.807, 2.05) is 0 Å². The molecule has 0 radical (unpaired) electrons. The van der Waals surface area contributed by atoms with Gasteiger partial charge < -0.3 is 10.4 Å². The summed E-state index contributed by atoms with van der Waals surface area (Å²) in [7, 11) is 0. The molecule has 0 amide bonds. The summed E-state index contributed by atoms with van der Waals surface area (Å²) in [5.41, 5.74) is 0.0678. The Morgan fingerprint density at radius 2 is 1.90 bits per heavy atom. The Balaban J connectivity index is 1.85. The average Bonchev–Trinajstić information content (AvgIpc) is 2.59. The lowest BCUT2D eigenvalue weighted by Gasteiger charge is -2.35. The minimum absolute atomic E-state index is 0.0139. The fourth-order valence-corrected chi connectivity index (χ4v) is 3.32. The third-order valence-electron chi connectivity index (χ3n) is 5.22. The first-order valence-electron chi connectivity index (χ1n) is 9.47. The quantitative estimate of drug-likeness (QED) is 0.661. The Hall–Kier alpha value is -1.91. The van der Waals surface area contributed by atoms with Crippen molar-refractivity contribution in [3.05, 3.63) is 17.5 Å². The minimum Gasteiger partial charge on any atom is -0.386 e. The number of rotatable bonds is 6. The minimum atomic E-state index is -4.36. The van der Waals surface area contributed by atoms with E-state index >= 15 is 0 Å². The van der Waals surface area contributed by atoms with Crippen LogP contribution in [0.15, 0.2) is 5.83 Å². The zero-order chi connectivity index (χ0) is 21.4. The molecule has 1 saturated carbocycles. The Kier molecular flexibility index (Phi) is 6.07. The van der Waals surface area contributed by atoms with Gasteiger partial charge >= 0.3 is 6.18 Å². The van der Waals surface area contributed by atoms with Crippen LogP contribution in [0.4, 0.5) is 32.3 Å². The second kappa shape index (κ2) is 8.08. The smallest absolute Gasteiger partial charge is 0.386 e. The third kappa shape index (κ3) is 5.37. The number of anilines is 1. The van der Waals surface area contributed by atoms with Crippen molar-refractivity contribution in [1.82, 2.24) is 15.0 Å². The van der Waals surface area contributed by atoms with E-state index in [4.69, 9.17) is 0 Å². The van der Waals surface area contributed by atoms with Crippen LogP contribution >= 0.6 is 0 Å². The van der Waals surface area contributed by atoms with E-state index in [1.54, 1.807) is 0 Å². The number of hydrogen-bond donors (Lipinski definition) is 2. The van der Waals surface area contributed by atoms with Crippen LogP contribution in [0.5, 0.6) is 0 Å². The van der Waals surface area contributed by atoms with Crippen LogP contribution in [-0.4, -0.2) is 44.3 Å². The molecular weight excluding hydrogens is 402 g/mol. The normalized spacial score (nSPS) is 23.7. The molecule has 2 aliphatic rings. The third-order valence-corrected chi connectivity index (χ3v) is 5.22. The number of aliphatic hydroxyl groups is 1. The van der Waals surface area contributed by atoms with Crippen LogP contribution < -0.4 is 5.32 Å². The highest BCUT2D eigenvalue weighted by atomic mass is 19.4. The van der Waals surface area contributed by atoms with E-state index in [0.717, 1.165) is 6.92 Å². The first kappa shape index (κ1) is 21.8. The van der Waals surface area contributed by atoms with Gasteiger partial charge in [0.1, 0.15) is 17.8 Å². The highest BCUT2D eigenvalue weighted by Crippen LogP contribution is 2.39. The highest BCUT2D eigenvalue weighted by Gasteiger charge is 2.45. The van der Waals surface area contributed by atoms with E-state index < -0.39 is 48.8 Å². The van der Waals surface area contributed by atoms with Crippen LogP contribution in [0.3, 0.4) is 0 Å². The molecule has 162 valence electrons. The van der Waals surface area contributed by atoms with Gasteiger partial charge in [-0.1, -0.05) is 6.92 Å². The van der Waals surface area contributed by atoms with Crippen LogP contribution in [0.1, 0.15) is 57.1 Å². The predicted octanol–water partition coefficient (Wildman–Crippen LogP) is 4.44. The van der Waals surface area contributed by atoms with Gasteiger partial charge in [0.25, 0.3) is 5.92 Å². The van der Waals surface area contributed by atoms with Crippen molar-refractivity contribution in [3.8, 4) is 0 Å². The van der Waals surface area contributed by atoms with Crippen molar-refractivity contribution < 1.29 is 31.4 Å². The average molecular weight is 424 g/mol. The fourth-order valence-electron chi connectivity index (χ4n) is 3.32. The molecule has 5 nitrogen and oxygen atoms in total. The van der Waals surface area contributed by atoms with Crippen molar-refractivity contribution in [2.75, 3.05) is 5.32 Å². The molecule has 0 aromatic carbocycles. The largest absolute Gasteiger partial charge is 0.391 e.